The summed E-state index contributed by atoms with van der Waals surface area (Å²) in [5, 5.41) is 10.9. The molecule has 2 rings (SSSR count). The molecule has 32 heavy (non-hydrogen) atoms. The van der Waals surface area contributed by atoms with Crippen LogP contribution in [0.1, 0.15) is 12.0 Å². The second-order valence-corrected chi connectivity index (χ2v) is 17.2. The molecular formula is C14H17BFN4O3S8Y. The van der Waals surface area contributed by atoms with Crippen molar-refractivity contribution in [3.05, 3.63) is 23.8 Å². The minimum absolute atomic E-state index is 0. The maximum absolute atomic E-state index is 12.8. The predicted octanol–water partition coefficient (Wildman–Crippen LogP) is 5.33. The quantitative estimate of drug-likeness (QED) is 0.0835. The fourth-order valence-corrected chi connectivity index (χ4v) is 14.7. The van der Waals surface area contributed by atoms with E-state index in [0.717, 1.165) is 5.56 Å². The zero-order valence-corrected chi connectivity index (χ0v) is 25.8. The Bertz CT molecular complexity index is 777. The van der Waals surface area contributed by atoms with Crippen LogP contribution in [-0.4, -0.2) is 48.2 Å². The van der Waals surface area contributed by atoms with Gasteiger partial charge in [-0.3, -0.25) is 19.5 Å². The molecule has 1 heterocycles. The van der Waals surface area contributed by atoms with Crippen LogP contribution in [-0.2, 0) is 42.3 Å². The van der Waals surface area contributed by atoms with Gasteiger partial charge in [-0.2, -0.15) is 3.89 Å². The SMILES string of the molecule is Cc1ccc(SF)cc1NC(=O)C1CC(NC(=O)[B]SSSSSSSN)CN1C=O.[Y]. The summed E-state index contributed by atoms with van der Waals surface area (Å²) in [6.07, 6.45) is 0.905. The van der Waals surface area contributed by atoms with Crippen LogP contribution in [0, 0.1) is 6.92 Å². The molecule has 2 radical (unpaired) electrons. The second kappa shape index (κ2) is 17.8. The van der Waals surface area contributed by atoms with E-state index in [-0.39, 0.29) is 69.2 Å². The van der Waals surface area contributed by atoms with E-state index in [1.807, 2.05) is 0 Å². The average molecular weight is 665 g/mol. The first kappa shape index (κ1) is 31.5. The Balaban J connectivity index is 0.00000512. The predicted molar refractivity (Wildman–Crippen MR) is 143 cm³/mol. The fraction of sp³-hybridized carbons (Fsp3) is 0.357. The first-order valence-electron chi connectivity index (χ1n) is 8.39. The molecule has 7 nitrogen and oxygen atoms in total. The molecule has 172 valence electrons. The topological polar surface area (TPSA) is 105 Å². The minimum atomic E-state index is -0.715. The molecule has 0 spiro atoms. The van der Waals surface area contributed by atoms with Gasteiger partial charge in [0.2, 0.25) is 12.3 Å². The van der Waals surface area contributed by atoms with E-state index in [0.29, 0.717) is 23.4 Å². The van der Waals surface area contributed by atoms with Crippen molar-refractivity contribution in [2.45, 2.75) is 30.3 Å². The maximum atomic E-state index is 12.8. The molecule has 1 fully saturated rings. The van der Waals surface area contributed by atoms with Gasteiger partial charge in [0.05, 0.1) is 12.1 Å². The normalized spacial score (nSPS) is 17.4. The van der Waals surface area contributed by atoms with Crippen molar-refractivity contribution in [2.75, 3.05) is 11.9 Å². The van der Waals surface area contributed by atoms with E-state index in [1.165, 1.54) is 72.4 Å². The molecule has 18 heteroatoms. The van der Waals surface area contributed by atoms with E-state index in [2.05, 4.69) is 10.6 Å². The Labute approximate surface area is 242 Å². The fourth-order valence-electron chi connectivity index (χ4n) is 2.70. The van der Waals surface area contributed by atoms with Gasteiger partial charge in [0.1, 0.15) is 6.04 Å². The summed E-state index contributed by atoms with van der Waals surface area (Å²) < 4.78 is 12.8. The van der Waals surface area contributed by atoms with Crippen molar-refractivity contribution in [1.29, 1.82) is 0 Å². The molecule has 2 unspecified atom stereocenters. The van der Waals surface area contributed by atoms with Gasteiger partial charge < -0.3 is 15.5 Å². The number of hydrogen-bond acceptors (Lipinski definition) is 12. The minimum Gasteiger partial charge on any atom is -0.360 e. The van der Waals surface area contributed by atoms with Gasteiger partial charge in [0, 0.05) is 75.5 Å². The molecule has 4 N–H and O–H groups in total. The summed E-state index contributed by atoms with van der Waals surface area (Å²) in [7, 11) is 9.97. The molecule has 3 amide bonds. The molecule has 1 aliphatic rings. The van der Waals surface area contributed by atoms with Gasteiger partial charge in [-0.25, -0.2) is 0 Å². The monoisotopic (exact) mass is 664 g/mol. The van der Waals surface area contributed by atoms with Crippen molar-refractivity contribution in [1.82, 2.24) is 10.2 Å². The number of amides is 3. The van der Waals surface area contributed by atoms with Gasteiger partial charge in [-0.15, -0.1) is 10.6 Å². The van der Waals surface area contributed by atoms with E-state index in [9.17, 15) is 18.3 Å². The van der Waals surface area contributed by atoms with Crippen LogP contribution < -0.4 is 15.8 Å². The first-order valence-corrected chi connectivity index (χ1v) is 18.0. The summed E-state index contributed by atoms with van der Waals surface area (Å²) >= 11 is 0.0925. The molecule has 0 aromatic heterocycles. The number of carbonyl (C=O) groups excluding carboxylic acids is 3. The molecule has 1 aromatic rings. The summed E-state index contributed by atoms with van der Waals surface area (Å²) in [5.74, 6) is -0.649. The van der Waals surface area contributed by atoms with E-state index >= 15 is 0 Å². The van der Waals surface area contributed by atoms with Gasteiger partial charge in [-0.1, -0.05) is 6.07 Å². The molecule has 0 aliphatic carbocycles. The number of anilines is 1. The number of carbonyl (C=O) groups is 3. The summed E-state index contributed by atoms with van der Waals surface area (Å²) in [6.45, 7) is 3.50. The zero-order valence-electron chi connectivity index (χ0n) is 16.4. The third kappa shape index (κ3) is 11.0. The van der Waals surface area contributed by atoms with Gasteiger partial charge in [0.15, 0.2) is 5.81 Å². The Morgan fingerprint density at radius 2 is 1.97 bits per heavy atom. The van der Waals surface area contributed by atoms with Crippen LogP contribution in [0.25, 0.3) is 0 Å². The summed E-state index contributed by atoms with van der Waals surface area (Å²) in [5.41, 5.74) is 1.27. The molecule has 1 aliphatic heterocycles. The van der Waals surface area contributed by atoms with E-state index in [1.54, 1.807) is 34.9 Å². The van der Waals surface area contributed by atoms with Crippen molar-refractivity contribution in [2.24, 2.45) is 5.14 Å². The number of nitrogens with one attached hydrogen (secondary N) is 2. The number of aryl methyl sites for hydroxylation is 1. The number of halogens is 1. The van der Waals surface area contributed by atoms with Crippen LogP contribution in [0.5, 0.6) is 0 Å². The Morgan fingerprint density at radius 1 is 1.25 bits per heavy atom. The third-order valence-electron chi connectivity index (χ3n) is 4.02. The number of nitrogens with zero attached hydrogens (tertiary/aromatic N) is 1. The molecule has 2 atom stereocenters. The number of benzene rings is 1. The largest absolute Gasteiger partial charge is 0.360 e. The van der Waals surface area contributed by atoms with Gasteiger partial charge >= 0.3 is 6.56 Å². The maximum Gasteiger partial charge on any atom is 0.325 e. The number of hydrogen-bond donors (Lipinski definition) is 3. The second-order valence-electron chi connectivity index (χ2n) is 5.95. The zero-order chi connectivity index (χ0) is 22.6. The first-order chi connectivity index (χ1) is 15.0. The number of nitrogens with two attached hydrogens (primary N) is 1. The smallest absolute Gasteiger partial charge is 0.325 e. The van der Waals surface area contributed by atoms with Crippen LogP contribution in [0.3, 0.4) is 0 Å². The number of rotatable bonds is 13. The number of likely N-dealkylation sites (tertiary alicyclic amines) is 1. The Hall–Kier alpha value is 1.49. The van der Waals surface area contributed by atoms with Crippen molar-refractivity contribution >= 4 is 113 Å². The van der Waals surface area contributed by atoms with Gasteiger partial charge in [-0.05, 0) is 71.5 Å². The van der Waals surface area contributed by atoms with E-state index in [4.69, 9.17) is 5.14 Å². The molecule has 0 bridgehead atoms. The Morgan fingerprint density at radius 3 is 2.66 bits per heavy atom. The standard InChI is InChI=1S/C14H17BFN4O3S8.Y/c1-8-2-3-10(24-16)5-11(8)19-13(22)12-4-9(6-20(12)7-21)18-14(23)15-25-27-29-31-30-28-26-17;/h2-3,5,7,9,12H,4,6,17H2,1H3,(H,18,23)(H,19,22);. The van der Waals surface area contributed by atoms with E-state index < -0.39 is 6.04 Å². The summed E-state index contributed by atoms with van der Waals surface area (Å²) in [4.78, 5) is 38.0. The van der Waals surface area contributed by atoms with Crippen molar-refractivity contribution in [3.8, 4) is 0 Å². The molecule has 1 aromatic carbocycles. The van der Waals surface area contributed by atoms with Crippen LogP contribution in [0.4, 0.5) is 14.4 Å². The third-order valence-corrected chi connectivity index (χ3v) is 16.0. The van der Waals surface area contributed by atoms with Gasteiger partial charge in [0.25, 0.3) is 0 Å². The average Bonchev–Trinajstić information content (AvgIpc) is 3.17. The molecule has 1 saturated heterocycles. The van der Waals surface area contributed by atoms with Crippen molar-refractivity contribution < 1.29 is 51.0 Å². The van der Waals surface area contributed by atoms with Crippen molar-refractivity contribution in [3.63, 3.8) is 0 Å². The van der Waals surface area contributed by atoms with Crippen LogP contribution in [0.2, 0.25) is 0 Å². The van der Waals surface area contributed by atoms with Crippen LogP contribution >= 0.6 is 82.9 Å². The van der Waals surface area contributed by atoms with Crippen LogP contribution in [0.15, 0.2) is 23.1 Å². The molecular weight excluding hydrogens is 647 g/mol. The summed E-state index contributed by atoms with van der Waals surface area (Å²) in [6, 6.07) is 3.83. The molecule has 0 saturated carbocycles. The Kier molecular flexibility index (Phi) is 17.6.